The van der Waals surface area contributed by atoms with Gasteiger partial charge < -0.3 is 10.2 Å². The Hall–Kier alpha value is -1.81. The summed E-state index contributed by atoms with van der Waals surface area (Å²) in [5.74, 6) is -2.28. The standard InChI is InChI=1S/C10H10F3NO5S/c1-5-2-7(15)6(9(16)17)3-8(5)20(18,19)14-4-10(11,12)13/h2-3,14-15H,4H2,1H3,(H,16,17). The summed E-state index contributed by atoms with van der Waals surface area (Å²) in [7, 11) is -4.54. The molecule has 0 atom stereocenters. The number of alkyl halides is 3. The fraction of sp³-hybridized carbons (Fsp3) is 0.300. The zero-order chi connectivity index (χ0) is 15.7. The average Bonchev–Trinajstić information content (AvgIpc) is 2.24. The highest BCUT2D eigenvalue weighted by molar-refractivity contribution is 7.89. The van der Waals surface area contributed by atoms with E-state index in [4.69, 9.17) is 5.11 Å². The molecule has 0 radical (unpaired) electrons. The molecule has 1 rings (SSSR count). The fourth-order valence-electron chi connectivity index (χ4n) is 1.39. The van der Waals surface area contributed by atoms with E-state index in [-0.39, 0.29) is 5.56 Å². The maximum Gasteiger partial charge on any atom is 0.402 e. The van der Waals surface area contributed by atoms with Gasteiger partial charge in [-0.3, -0.25) is 0 Å². The Morgan fingerprint density at radius 3 is 2.35 bits per heavy atom. The fourth-order valence-corrected chi connectivity index (χ4v) is 2.65. The van der Waals surface area contributed by atoms with Gasteiger partial charge in [-0.15, -0.1) is 0 Å². The van der Waals surface area contributed by atoms with Crippen molar-refractivity contribution in [2.45, 2.75) is 18.0 Å². The summed E-state index contributed by atoms with van der Waals surface area (Å²) < 4.78 is 60.8. The normalized spacial score (nSPS) is 12.4. The minimum absolute atomic E-state index is 0.0813. The van der Waals surface area contributed by atoms with Gasteiger partial charge in [0.2, 0.25) is 10.0 Å². The van der Waals surface area contributed by atoms with Crippen molar-refractivity contribution in [2.75, 3.05) is 6.54 Å². The molecule has 0 saturated heterocycles. The van der Waals surface area contributed by atoms with Crippen LogP contribution in [0.5, 0.6) is 5.75 Å². The molecule has 0 saturated carbocycles. The van der Waals surface area contributed by atoms with Crippen LogP contribution in [0.1, 0.15) is 15.9 Å². The number of phenols is 1. The molecule has 0 aliphatic heterocycles. The van der Waals surface area contributed by atoms with Crippen LogP contribution in [0.15, 0.2) is 17.0 Å². The predicted octanol–water partition coefficient (Wildman–Crippen LogP) is 1.24. The van der Waals surface area contributed by atoms with E-state index >= 15 is 0 Å². The van der Waals surface area contributed by atoms with Crippen LogP contribution < -0.4 is 4.72 Å². The predicted molar refractivity (Wildman–Crippen MR) is 61.0 cm³/mol. The second kappa shape index (κ2) is 5.29. The van der Waals surface area contributed by atoms with E-state index in [1.165, 1.54) is 11.6 Å². The lowest BCUT2D eigenvalue weighted by Gasteiger charge is -2.12. The first-order valence-corrected chi connectivity index (χ1v) is 6.55. The maximum atomic E-state index is 12.0. The molecule has 1 aromatic carbocycles. The van der Waals surface area contributed by atoms with Crippen molar-refractivity contribution in [1.29, 1.82) is 0 Å². The van der Waals surface area contributed by atoms with Gasteiger partial charge in [0.25, 0.3) is 0 Å². The Morgan fingerprint density at radius 2 is 1.90 bits per heavy atom. The minimum atomic E-state index is -4.74. The number of sulfonamides is 1. The first-order chi connectivity index (χ1) is 8.94. The summed E-state index contributed by atoms with van der Waals surface area (Å²) >= 11 is 0. The third-order valence-corrected chi connectivity index (χ3v) is 3.82. The molecule has 1 aromatic rings. The number of aromatic carboxylic acids is 1. The molecule has 0 amide bonds. The molecule has 0 spiro atoms. The number of carbonyl (C=O) groups is 1. The van der Waals surface area contributed by atoms with E-state index in [1.807, 2.05) is 0 Å². The van der Waals surface area contributed by atoms with Crippen LogP contribution in [-0.4, -0.2) is 37.3 Å². The van der Waals surface area contributed by atoms with E-state index in [1.54, 1.807) is 0 Å². The van der Waals surface area contributed by atoms with Crippen molar-refractivity contribution in [1.82, 2.24) is 4.72 Å². The molecule has 0 aromatic heterocycles. The number of aryl methyl sites for hydroxylation is 1. The van der Waals surface area contributed by atoms with Gasteiger partial charge >= 0.3 is 12.1 Å². The van der Waals surface area contributed by atoms with Crippen molar-refractivity contribution >= 4 is 16.0 Å². The number of hydrogen-bond acceptors (Lipinski definition) is 4. The summed E-state index contributed by atoms with van der Waals surface area (Å²) in [6, 6.07) is 1.46. The van der Waals surface area contributed by atoms with Crippen LogP contribution >= 0.6 is 0 Å². The Bertz CT molecular complexity index is 639. The Balaban J connectivity index is 3.25. The zero-order valence-electron chi connectivity index (χ0n) is 10.0. The van der Waals surface area contributed by atoms with Crippen LogP contribution in [0.4, 0.5) is 13.2 Å². The van der Waals surface area contributed by atoms with Gasteiger partial charge in [0.15, 0.2) is 0 Å². The van der Waals surface area contributed by atoms with Crippen molar-refractivity contribution in [2.24, 2.45) is 0 Å². The molecule has 0 unspecified atom stereocenters. The molecule has 10 heteroatoms. The van der Waals surface area contributed by atoms with Crippen molar-refractivity contribution < 1.29 is 36.6 Å². The number of halogens is 3. The van der Waals surface area contributed by atoms with Crippen molar-refractivity contribution in [3.05, 3.63) is 23.3 Å². The van der Waals surface area contributed by atoms with Crippen molar-refractivity contribution in [3.8, 4) is 5.75 Å². The van der Waals surface area contributed by atoms with Crippen LogP contribution in [0, 0.1) is 6.92 Å². The van der Waals surface area contributed by atoms with E-state index < -0.39 is 44.9 Å². The number of aromatic hydroxyl groups is 1. The quantitative estimate of drug-likeness (QED) is 0.776. The largest absolute Gasteiger partial charge is 0.507 e. The van der Waals surface area contributed by atoms with E-state index in [0.717, 1.165) is 6.07 Å². The minimum Gasteiger partial charge on any atom is -0.507 e. The van der Waals surface area contributed by atoms with E-state index in [0.29, 0.717) is 6.07 Å². The molecule has 20 heavy (non-hydrogen) atoms. The Labute approximate surface area is 111 Å². The van der Waals surface area contributed by atoms with Gasteiger partial charge in [0.1, 0.15) is 17.9 Å². The topological polar surface area (TPSA) is 104 Å². The lowest BCUT2D eigenvalue weighted by atomic mass is 10.1. The highest BCUT2D eigenvalue weighted by Gasteiger charge is 2.31. The number of benzene rings is 1. The molecule has 0 bridgehead atoms. The summed E-state index contributed by atoms with van der Waals surface area (Å²) in [6.07, 6.45) is -4.74. The number of carboxylic acid groups (broad SMARTS) is 1. The van der Waals surface area contributed by atoms with Gasteiger partial charge in [-0.05, 0) is 24.6 Å². The van der Waals surface area contributed by atoms with E-state index in [9.17, 15) is 31.5 Å². The third-order valence-electron chi connectivity index (χ3n) is 2.28. The Kier molecular flexibility index (Phi) is 4.30. The first kappa shape index (κ1) is 16.2. The Morgan fingerprint density at radius 1 is 1.35 bits per heavy atom. The molecular weight excluding hydrogens is 303 g/mol. The number of rotatable bonds is 4. The van der Waals surface area contributed by atoms with Crippen LogP contribution in [0.2, 0.25) is 0 Å². The molecule has 0 fully saturated rings. The SMILES string of the molecule is Cc1cc(O)c(C(=O)O)cc1S(=O)(=O)NCC(F)(F)F. The van der Waals surface area contributed by atoms with Gasteiger partial charge in [-0.2, -0.15) is 13.2 Å². The highest BCUT2D eigenvalue weighted by Crippen LogP contribution is 2.26. The lowest BCUT2D eigenvalue weighted by Crippen LogP contribution is -2.34. The van der Waals surface area contributed by atoms with Gasteiger partial charge in [0, 0.05) is 0 Å². The summed E-state index contributed by atoms with van der Waals surface area (Å²) in [5, 5.41) is 18.1. The maximum absolute atomic E-state index is 12.0. The van der Waals surface area contributed by atoms with E-state index in [2.05, 4.69) is 0 Å². The van der Waals surface area contributed by atoms with Crippen molar-refractivity contribution in [3.63, 3.8) is 0 Å². The molecule has 0 aliphatic carbocycles. The number of carboxylic acids is 1. The molecule has 112 valence electrons. The number of hydrogen-bond donors (Lipinski definition) is 3. The van der Waals surface area contributed by atoms with Gasteiger partial charge in [-0.25, -0.2) is 17.9 Å². The second-order valence-corrected chi connectivity index (χ2v) is 5.62. The van der Waals surface area contributed by atoms with Crippen LogP contribution in [0.3, 0.4) is 0 Å². The third kappa shape index (κ3) is 3.84. The second-order valence-electron chi connectivity index (χ2n) is 3.88. The smallest absolute Gasteiger partial charge is 0.402 e. The molecule has 0 heterocycles. The monoisotopic (exact) mass is 313 g/mol. The first-order valence-electron chi connectivity index (χ1n) is 5.07. The molecular formula is C10H10F3NO5S. The molecule has 6 nitrogen and oxygen atoms in total. The van der Waals surface area contributed by atoms with Crippen LogP contribution in [-0.2, 0) is 10.0 Å². The summed E-state index contributed by atoms with van der Waals surface area (Å²) in [5.41, 5.74) is -0.801. The average molecular weight is 313 g/mol. The van der Waals surface area contributed by atoms with Gasteiger partial charge in [-0.1, -0.05) is 0 Å². The highest BCUT2D eigenvalue weighted by atomic mass is 32.2. The molecule has 3 N–H and O–H groups in total. The number of nitrogens with one attached hydrogen (secondary N) is 1. The zero-order valence-corrected chi connectivity index (χ0v) is 10.8. The van der Waals surface area contributed by atoms with Gasteiger partial charge in [0.05, 0.1) is 4.90 Å². The summed E-state index contributed by atoms with van der Waals surface area (Å²) in [6.45, 7) is -0.564. The summed E-state index contributed by atoms with van der Waals surface area (Å²) in [4.78, 5) is 10.1. The van der Waals surface area contributed by atoms with Crippen LogP contribution in [0.25, 0.3) is 0 Å². The lowest BCUT2D eigenvalue weighted by molar-refractivity contribution is -0.121. The molecule has 0 aliphatic rings.